The van der Waals surface area contributed by atoms with E-state index in [0.717, 1.165) is 39.3 Å². The van der Waals surface area contributed by atoms with Crippen molar-refractivity contribution in [1.82, 2.24) is 14.7 Å². The average molecular weight is 311 g/mol. The van der Waals surface area contributed by atoms with Gasteiger partial charge >= 0.3 is 0 Å². The molecule has 0 amide bonds. The van der Waals surface area contributed by atoms with Gasteiger partial charge in [0.2, 0.25) is 0 Å². The van der Waals surface area contributed by atoms with E-state index in [0.29, 0.717) is 6.04 Å². The highest BCUT2D eigenvalue weighted by molar-refractivity contribution is 5.31. The van der Waals surface area contributed by atoms with Crippen molar-refractivity contribution in [2.45, 2.75) is 51.9 Å². The van der Waals surface area contributed by atoms with Crippen molar-refractivity contribution in [3.05, 3.63) is 52.8 Å². The van der Waals surface area contributed by atoms with E-state index in [1.54, 1.807) is 0 Å². The molecule has 0 saturated carbocycles. The van der Waals surface area contributed by atoms with Crippen LogP contribution >= 0.6 is 0 Å². The summed E-state index contributed by atoms with van der Waals surface area (Å²) in [5.74, 6) is 0. The molecule has 4 nitrogen and oxygen atoms in total. The fourth-order valence-corrected chi connectivity index (χ4v) is 4.01. The van der Waals surface area contributed by atoms with Gasteiger partial charge in [0, 0.05) is 30.8 Å². The minimum atomic E-state index is 0.443. The maximum atomic E-state index is 5.74. The van der Waals surface area contributed by atoms with E-state index < -0.39 is 0 Å². The van der Waals surface area contributed by atoms with Crippen molar-refractivity contribution >= 4 is 0 Å². The minimum absolute atomic E-state index is 0.443. The van der Waals surface area contributed by atoms with Gasteiger partial charge in [0.05, 0.1) is 24.9 Å². The molecule has 0 spiro atoms. The molecular formula is C19H25N3O. The Balaban J connectivity index is 1.63. The van der Waals surface area contributed by atoms with Gasteiger partial charge in [0.15, 0.2) is 0 Å². The second kappa shape index (κ2) is 6.46. The van der Waals surface area contributed by atoms with E-state index >= 15 is 0 Å². The molecule has 1 atom stereocenters. The standard InChI is InChI=1S/C19H25N3O/c1-2-22-17-10-12-23-14-16(17)19(20-22)18-9-6-11-21(18)13-15-7-4-3-5-8-15/h3-5,7-8,18H,2,6,9-14H2,1H3. The molecule has 0 radical (unpaired) electrons. The summed E-state index contributed by atoms with van der Waals surface area (Å²) in [6.45, 7) is 6.88. The highest BCUT2D eigenvalue weighted by atomic mass is 16.5. The second-order valence-electron chi connectivity index (χ2n) is 6.54. The number of aromatic nitrogens is 2. The number of ether oxygens (including phenoxy) is 1. The Hall–Kier alpha value is -1.65. The summed E-state index contributed by atoms with van der Waals surface area (Å²) in [7, 11) is 0. The summed E-state index contributed by atoms with van der Waals surface area (Å²) < 4.78 is 7.94. The Morgan fingerprint density at radius 2 is 2.13 bits per heavy atom. The van der Waals surface area contributed by atoms with Gasteiger partial charge < -0.3 is 4.74 Å². The van der Waals surface area contributed by atoms with Gasteiger partial charge in [-0.05, 0) is 31.9 Å². The number of benzene rings is 1. The smallest absolute Gasteiger partial charge is 0.0854 e. The molecule has 3 heterocycles. The molecule has 1 aromatic heterocycles. The molecule has 122 valence electrons. The molecule has 1 aromatic carbocycles. The van der Waals surface area contributed by atoms with Gasteiger partial charge in [0.1, 0.15) is 0 Å². The highest BCUT2D eigenvalue weighted by Gasteiger charge is 2.32. The van der Waals surface area contributed by atoms with Crippen LogP contribution in [-0.2, 0) is 30.9 Å². The topological polar surface area (TPSA) is 30.3 Å². The number of fused-ring (bicyclic) bond motifs is 1. The SMILES string of the molecule is CCn1nc(C2CCCN2Cc2ccccc2)c2c1CCOC2. The largest absolute Gasteiger partial charge is 0.376 e. The van der Waals surface area contributed by atoms with Crippen LogP contribution in [0.3, 0.4) is 0 Å². The van der Waals surface area contributed by atoms with Crippen LogP contribution in [0.15, 0.2) is 30.3 Å². The van der Waals surface area contributed by atoms with E-state index in [1.165, 1.54) is 35.4 Å². The normalized spacial score (nSPS) is 21.5. The fourth-order valence-electron chi connectivity index (χ4n) is 4.01. The Kier molecular flexibility index (Phi) is 4.19. The zero-order valence-electron chi connectivity index (χ0n) is 13.9. The maximum Gasteiger partial charge on any atom is 0.0854 e. The third-order valence-electron chi connectivity index (χ3n) is 5.13. The molecule has 4 rings (SSSR count). The summed E-state index contributed by atoms with van der Waals surface area (Å²) in [6, 6.07) is 11.2. The molecule has 2 aromatic rings. The van der Waals surface area contributed by atoms with Gasteiger partial charge in [-0.1, -0.05) is 30.3 Å². The molecule has 1 unspecified atom stereocenters. The summed E-state index contributed by atoms with van der Waals surface area (Å²) in [5.41, 5.74) is 5.43. The molecule has 2 aliphatic heterocycles. The first-order valence-corrected chi connectivity index (χ1v) is 8.81. The van der Waals surface area contributed by atoms with Gasteiger partial charge in [-0.15, -0.1) is 0 Å². The number of hydrogen-bond donors (Lipinski definition) is 0. The van der Waals surface area contributed by atoms with Crippen molar-refractivity contribution in [2.75, 3.05) is 13.2 Å². The van der Waals surface area contributed by atoms with Gasteiger partial charge in [-0.25, -0.2) is 0 Å². The Morgan fingerprint density at radius 1 is 1.26 bits per heavy atom. The Bertz CT molecular complexity index is 665. The molecule has 0 aliphatic carbocycles. The van der Waals surface area contributed by atoms with Gasteiger partial charge in [-0.3, -0.25) is 9.58 Å². The Morgan fingerprint density at radius 3 is 2.96 bits per heavy atom. The van der Waals surface area contributed by atoms with E-state index in [1.807, 2.05) is 0 Å². The molecule has 1 saturated heterocycles. The monoisotopic (exact) mass is 311 g/mol. The molecule has 4 heteroatoms. The van der Waals surface area contributed by atoms with Gasteiger partial charge in [0.25, 0.3) is 0 Å². The van der Waals surface area contributed by atoms with E-state index in [4.69, 9.17) is 9.84 Å². The fraction of sp³-hybridized carbons (Fsp3) is 0.526. The third kappa shape index (κ3) is 2.81. The number of likely N-dealkylation sites (tertiary alicyclic amines) is 1. The zero-order valence-corrected chi connectivity index (χ0v) is 13.9. The van der Waals surface area contributed by atoms with Crippen molar-refractivity contribution in [2.24, 2.45) is 0 Å². The van der Waals surface area contributed by atoms with Crippen molar-refractivity contribution in [1.29, 1.82) is 0 Å². The quantitative estimate of drug-likeness (QED) is 0.868. The summed E-state index contributed by atoms with van der Waals surface area (Å²) in [4.78, 5) is 2.59. The predicted octanol–water partition coefficient (Wildman–Crippen LogP) is 3.31. The van der Waals surface area contributed by atoms with E-state index in [9.17, 15) is 0 Å². The van der Waals surface area contributed by atoms with E-state index in [2.05, 4.69) is 46.8 Å². The molecule has 0 bridgehead atoms. The molecule has 1 fully saturated rings. The third-order valence-corrected chi connectivity index (χ3v) is 5.13. The molecule has 2 aliphatic rings. The minimum Gasteiger partial charge on any atom is -0.376 e. The first kappa shape index (κ1) is 14.9. The zero-order chi connectivity index (χ0) is 15.6. The number of hydrogen-bond acceptors (Lipinski definition) is 3. The lowest BCUT2D eigenvalue weighted by Gasteiger charge is -2.24. The van der Waals surface area contributed by atoms with Crippen molar-refractivity contribution in [3.8, 4) is 0 Å². The van der Waals surface area contributed by atoms with Crippen molar-refractivity contribution < 1.29 is 4.74 Å². The van der Waals surface area contributed by atoms with Crippen LogP contribution < -0.4 is 0 Å². The molecule has 0 N–H and O–H groups in total. The van der Waals surface area contributed by atoms with Crippen LogP contribution in [0.1, 0.15) is 48.3 Å². The predicted molar refractivity (Wildman–Crippen MR) is 90.1 cm³/mol. The highest BCUT2D eigenvalue weighted by Crippen LogP contribution is 2.36. The van der Waals surface area contributed by atoms with Gasteiger partial charge in [-0.2, -0.15) is 5.10 Å². The van der Waals surface area contributed by atoms with Crippen molar-refractivity contribution in [3.63, 3.8) is 0 Å². The average Bonchev–Trinajstić information content (AvgIpc) is 3.19. The van der Waals surface area contributed by atoms with Crippen LogP contribution in [0, 0.1) is 0 Å². The van der Waals surface area contributed by atoms with Crippen LogP contribution in [0.2, 0.25) is 0 Å². The lowest BCUT2D eigenvalue weighted by atomic mass is 10.0. The molecular weight excluding hydrogens is 286 g/mol. The summed E-state index contributed by atoms with van der Waals surface area (Å²) >= 11 is 0. The van der Waals surface area contributed by atoms with Crippen LogP contribution in [0.5, 0.6) is 0 Å². The maximum absolute atomic E-state index is 5.74. The summed E-state index contributed by atoms with van der Waals surface area (Å²) in [5, 5.41) is 4.98. The van der Waals surface area contributed by atoms with Crippen LogP contribution in [0.25, 0.3) is 0 Å². The van der Waals surface area contributed by atoms with Crippen LogP contribution in [0.4, 0.5) is 0 Å². The number of rotatable bonds is 4. The van der Waals surface area contributed by atoms with Crippen LogP contribution in [-0.4, -0.2) is 27.8 Å². The second-order valence-corrected chi connectivity index (χ2v) is 6.54. The lowest BCUT2D eigenvalue weighted by Crippen LogP contribution is -2.24. The lowest BCUT2D eigenvalue weighted by molar-refractivity contribution is 0.107. The first-order chi connectivity index (χ1) is 11.4. The molecule has 23 heavy (non-hydrogen) atoms. The summed E-state index contributed by atoms with van der Waals surface area (Å²) in [6.07, 6.45) is 3.47. The Labute approximate surface area is 138 Å². The first-order valence-electron chi connectivity index (χ1n) is 8.81. The number of aryl methyl sites for hydroxylation is 1. The number of nitrogens with zero attached hydrogens (tertiary/aromatic N) is 3. The van der Waals surface area contributed by atoms with E-state index in [-0.39, 0.29) is 0 Å².